The number of thioether (sulfide) groups is 1. The molecule has 1 atom stereocenters. The molecule has 0 aromatic carbocycles. The lowest BCUT2D eigenvalue weighted by Gasteiger charge is -2.17. The topological polar surface area (TPSA) is 43.4 Å². The maximum absolute atomic E-state index is 11.0. The normalized spacial score (nSPS) is 27.9. The number of hydrogen-bond acceptors (Lipinski definition) is 4. The Labute approximate surface area is 192 Å². The zero-order chi connectivity index (χ0) is 22.2. The summed E-state index contributed by atoms with van der Waals surface area (Å²) >= 11 is 2.10. The van der Waals surface area contributed by atoms with Gasteiger partial charge in [-0.2, -0.15) is 11.8 Å². The summed E-state index contributed by atoms with van der Waals surface area (Å²) in [6, 6.07) is 0. The van der Waals surface area contributed by atoms with E-state index in [4.69, 9.17) is 4.74 Å². The highest BCUT2D eigenvalue weighted by molar-refractivity contribution is 7.99. The van der Waals surface area contributed by atoms with E-state index in [1.807, 2.05) is 0 Å². The average Bonchev–Trinajstić information content (AvgIpc) is 2.73. The van der Waals surface area contributed by atoms with Crippen molar-refractivity contribution in [1.82, 2.24) is 0 Å². The van der Waals surface area contributed by atoms with Crippen molar-refractivity contribution in [2.75, 3.05) is 30.5 Å². The molecule has 0 aromatic heterocycles. The molecular formula is C25H50O3S2. The monoisotopic (exact) mass is 462 g/mol. The van der Waals surface area contributed by atoms with Gasteiger partial charge in [0.15, 0.2) is 9.84 Å². The molecule has 0 aromatic rings. The molecule has 4 rings (SSSR count). The molecule has 3 aliphatic heterocycles. The Kier molecular flexibility index (Phi) is 15.9. The molecule has 5 heteroatoms. The van der Waals surface area contributed by atoms with Crippen molar-refractivity contribution in [3.05, 3.63) is 0 Å². The highest BCUT2D eigenvalue weighted by atomic mass is 32.2. The molecule has 0 bridgehead atoms. The third-order valence-electron chi connectivity index (χ3n) is 6.82. The standard InChI is InChI=1S/C7H14.C6H12O2S.C6H12O.C6H12S/c1-7-5-3-2-4-6-7;1-6-4-2-3-5-9(6,7)8;2*1-6-2-4-7-5-3-6/h7H,2-6H2,1H3;6H,2-5H2,1H3;2*6H,2-5H2,1H3. The van der Waals surface area contributed by atoms with Gasteiger partial charge in [0.1, 0.15) is 0 Å². The molecule has 3 saturated heterocycles. The first-order chi connectivity index (χ1) is 14.3. The lowest BCUT2D eigenvalue weighted by molar-refractivity contribution is 0.0716. The van der Waals surface area contributed by atoms with E-state index in [0.717, 1.165) is 50.2 Å². The first-order valence-electron chi connectivity index (χ1n) is 12.7. The summed E-state index contributed by atoms with van der Waals surface area (Å²) in [7, 11) is -2.66. The van der Waals surface area contributed by atoms with Gasteiger partial charge in [-0.3, -0.25) is 0 Å². The number of rotatable bonds is 0. The first kappa shape index (κ1) is 28.3. The molecule has 1 aliphatic carbocycles. The third-order valence-corrected chi connectivity index (χ3v) is 10.2. The Bertz CT molecular complexity index is 450. The highest BCUT2D eigenvalue weighted by Gasteiger charge is 2.23. The second kappa shape index (κ2) is 16.8. The number of hydrogen-bond donors (Lipinski definition) is 0. The maximum Gasteiger partial charge on any atom is 0.152 e. The van der Waals surface area contributed by atoms with E-state index in [-0.39, 0.29) is 5.25 Å². The van der Waals surface area contributed by atoms with Crippen molar-refractivity contribution in [3.8, 4) is 0 Å². The molecule has 0 radical (unpaired) electrons. The maximum atomic E-state index is 11.0. The predicted octanol–water partition coefficient (Wildman–Crippen LogP) is 7.14. The largest absolute Gasteiger partial charge is 0.381 e. The van der Waals surface area contributed by atoms with Crippen LogP contribution in [0.4, 0.5) is 0 Å². The lowest BCUT2D eigenvalue weighted by atomic mass is 9.91. The quantitative estimate of drug-likeness (QED) is 0.383. The summed E-state index contributed by atoms with van der Waals surface area (Å²) in [5, 5.41) is -0.0775. The molecule has 1 saturated carbocycles. The van der Waals surface area contributed by atoms with Gasteiger partial charge in [0.05, 0.1) is 11.0 Å². The molecular weight excluding hydrogens is 412 g/mol. The Morgan fingerprint density at radius 1 is 0.633 bits per heavy atom. The van der Waals surface area contributed by atoms with Crippen LogP contribution in [0.15, 0.2) is 0 Å². The Morgan fingerprint density at radius 3 is 1.43 bits per heavy atom. The SMILES string of the molecule is CC1CCCCC1.CC1CCCCS1(=O)=O.CC1CCOCC1.CC1CCSCC1. The fraction of sp³-hybridized carbons (Fsp3) is 1.00. The molecule has 0 N–H and O–H groups in total. The van der Waals surface area contributed by atoms with Gasteiger partial charge in [0.2, 0.25) is 0 Å². The van der Waals surface area contributed by atoms with E-state index in [2.05, 4.69) is 32.5 Å². The molecule has 3 heterocycles. The number of sulfone groups is 1. The Hall–Kier alpha value is 0.260. The molecule has 180 valence electrons. The summed E-state index contributed by atoms with van der Waals surface area (Å²) in [6.45, 7) is 10.8. The molecule has 0 amide bonds. The van der Waals surface area contributed by atoms with Crippen LogP contribution < -0.4 is 0 Å². The van der Waals surface area contributed by atoms with Crippen LogP contribution in [0.5, 0.6) is 0 Å². The number of ether oxygens (including phenoxy) is 1. The third kappa shape index (κ3) is 14.3. The minimum Gasteiger partial charge on any atom is -0.381 e. The predicted molar refractivity (Wildman–Crippen MR) is 134 cm³/mol. The van der Waals surface area contributed by atoms with Gasteiger partial charge in [-0.1, -0.05) is 59.3 Å². The van der Waals surface area contributed by atoms with Crippen LogP contribution in [-0.2, 0) is 14.6 Å². The second-order valence-electron chi connectivity index (χ2n) is 10.0. The van der Waals surface area contributed by atoms with Crippen LogP contribution in [0.25, 0.3) is 0 Å². The molecule has 3 nitrogen and oxygen atoms in total. The van der Waals surface area contributed by atoms with Crippen molar-refractivity contribution < 1.29 is 13.2 Å². The Morgan fingerprint density at radius 2 is 1.13 bits per heavy atom. The summed E-state index contributed by atoms with van der Waals surface area (Å²) in [5.41, 5.74) is 0. The molecule has 30 heavy (non-hydrogen) atoms. The van der Waals surface area contributed by atoms with Crippen molar-refractivity contribution in [2.45, 2.75) is 110 Å². The van der Waals surface area contributed by atoms with Crippen LogP contribution in [0.1, 0.15) is 105 Å². The average molecular weight is 463 g/mol. The second-order valence-corrected chi connectivity index (χ2v) is 13.8. The fourth-order valence-electron chi connectivity index (χ4n) is 4.05. The van der Waals surface area contributed by atoms with Crippen molar-refractivity contribution >= 4 is 21.6 Å². The lowest BCUT2D eigenvalue weighted by Crippen LogP contribution is -2.25. The smallest absolute Gasteiger partial charge is 0.152 e. The highest BCUT2D eigenvalue weighted by Crippen LogP contribution is 2.22. The molecule has 4 fully saturated rings. The minimum absolute atomic E-state index is 0.0775. The van der Waals surface area contributed by atoms with Crippen molar-refractivity contribution in [2.24, 2.45) is 17.8 Å². The van der Waals surface area contributed by atoms with Crippen LogP contribution in [-0.4, -0.2) is 44.1 Å². The van der Waals surface area contributed by atoms with Gasteiger partial charge in [-0.15, -0.1) is 0 Å². The van der Waals surface area contributed by atoms with Crippen molar-refractivity contribution in [1.29, 1.82) is 0 Å². The van der Waals surface area contributed by atoms with E-state index in [1.54, 1.807) is 6.92 Å². The zero-order valence-corrected chi connectivity index (χ0v) is 22.0. The van der Waals surface area contributed by atoms with Gasteiger partial charge in [0, 0.05) is 13.2 Å². The molecule has 4 aliphatic rings. The van der Waals surface area contributed by atoms with Gasteiger partial charge >= 0.3 is 0 Å². The summed E-state index contributed by atoms with van der Waals surface area (Å²) < 4.78 is 27.1. The summed E-state index contributed by atoms with van der Waals surface area (Å²) in [4.78, 5) is 0. The van der Waals surface area contributed by atoms with Gasteiger partial charge in [-0.25, -0.2) is 8.42 Å². The van der Waals surface area contributed by atoms with E-state index in [0.29, 0.717) is 5.75 Å². The minimum atomic E-state index is -2.66. The van der Waals surface area contributed by atoms with E-state index >= 15 is 0 Å². The van der Waals surface area contributed by atoms with Crippen molar-refractivity contribution in [3.63, 3.8) is 0 Å². The Balaban J connectivity index is 0.000000201. The summed E-state index contributed by atoms with van der Waals surface area (Å²) in [5.74, 6) is 6.18. The van der Waals surface area contributed by atoms with E-state index in [9.17, 15) is 8.42 Å². The van der Waals surface area contributed by atoms with E-state index in [1.165, 1.54) is 69.3 Å². The summed E-state index contributed by atoms with van der Waals surface area (Å²) in [6.07, 6.45) is 15.7. The van der Waals surface area contributed by atoms with Crippen LogP contribution >= 0.6 is 11.8 Å². The van der Waals surface area contributed by atoms with Gasteiger partial charge in [-0.05, 0) is 74.7 Å². The van der Waals surface area contributed by atoms with Crippen LogP contribution in [0.3, 0.4) is 0 Å². The molecule has 1 unspecified atom stereocenters. The van der Waals surface area contributed by atoms with Crippen LogP contribution in [0.2, 0.25) is 0 Å². The van der Waals surface area contributed by atoms with Gasteiger partial charge in [0.25, 0.3) is 0 Å². The first-order valence-corrected chi connectivity index (χ1v) is 15.5. The van der Waals surface area contributed by atoms with E-state index < -0.39 is 9.84 Å². The van der Waals surface area contributed by atoms with Crippen LogP contribution in [0, 0.1) is 17.8 Å². The van der Waals surface area contributed by atoms with Gasteiger partial charge < -0.3 is 4.74 Å². The zero-order valence-electron chi connectivity index (χ0n) is 20.4. The fourth-order valence-corrected chi connectivity index (χ4v) is 6.93. The molecule has 0 spiro atoms.